The van der Waals surface area contributed by atoms with Crippen LogP contribution in [0.1, 0.15) is 37.7 Å². The average Bonchev–Trinajstić information content (AvgIpc) is 2.61. The van der Waals surface area contributed by atoms with Gasteiger partial charge in [-0.1, -0.05) is 50.6 Å². The van der Waals surface area contributed by atoms with Crippen molar-refractivity contribution in [3.05, 3.63) is 35.0 Å². The molecule has 0 spiro atoms. The molecule has 2 aromatic rings. The summed E-state index contributed by atoms with van der Waals surface area (Å²) in [6.07, 6.45) is 0.931. The van der Waals surface area contributed by atoms with Gasteiger partial charge in [0.1, 0.15) is 5.69 Å². The van der Waals surface area contributed by atoms with Gasteiger partial charge < -0.3 is 9.88 Å². The zero-order chi connectivity index (χ0) is 14.9. The molecule has 1 N–H and O–H groups in total. The fraction of sp³-hybridized carbons (Fsp3) is 0.438. The minimum atomic E-state index is -0.113. The summed E-state index contributed by atoms with van der Waals surface area (Å²) in [6.45, 7) is 7.12. The summed E-state index contributed by atoms with van der Waals surface area (Å²) in [7, 11) is 1.87. The molecule has 1 heterocycles. The van der Waals surface area contributed by atoms with Crippen LogP contribution < -0.4 is 5.32 Å². The van der Waals surface area contributed by atoms with Crippen LogP contribution in [0, 0.1) is 5.41 Å². The van der Waals surface area contributed by atoms with Gasteiger partial charge in [-0.25, -0.2) is 0 Å². The molecule has 3 nitrogen and oxygen atoms in total. The quantitative estimate of drug-likeness (QED) is 0.911. The Kier molecular flexibility index (Phi) is 4.09. The van der Waals surface area contributed by atoms with Crippen LogP contribution in [0.3, 0.4) is 0 Å². The number of nitrogens with zero attached hydrogens (tertiary/aromatic N) is 1. The zero-order valence-electron chi connectivity index (χ0n) is 12.5. The zero-order valence-corrected chi connectivity index (χ0v) is 13.2. The molecule has 1 amide bonds. The van der Waals surface area contributed by atoms with Crippen molar-refractivity contribution in [2.75, 3.05) is 6.54 Å². The van der Waals surface area contributed by atoms with E-state index in [0.717, 1.165) is 17.3 Å². The number of aromatic nitrogens is 1. The SMILES string of the molecule is Cn1c(C(=O)NCCC(C)(C)C)c(Cl)c2ccccc21. The smallest absolute Gasteiger partial charge is 0.269 e. The van der Waals surface area contributed by atoms with Gasteiger partial charge in [0.25, 0.3) is 5.91 Å². The Morgan fingerprint density at radius 2 is 1.95 bits per heavy atom. The van der Waals surface area contributed by atoms with Crippen LogP contribution >= 0.6 is 11.6 Å². The standard InChI is InChI=1S/C16H21ClN2O/c1-16(2,3)9-10-18-15(20)14-13(17)11-7-5-6-8-12(11)19(14)4/h5-8H,9-10H2,1-4H3,(H,18,20). The van der Waals surface area contributed by atoms with E-state index in [1.54, 1.807) is 0 Å². The first-order valence-corrected chi connectivity index (χ1v) is 7.20. The van der Waals surface area contributed by atoms with E-state index in [0.29, 0.717) is 17.3 Å². The number of nitrogens with one attached hydrogen (secondary N) is 1. The summed E-state index contributed by atoms with van der Waals surface area (Å²) in [6, 6.07) is 7.77. The van der Waals surface area contributed by atoms with Crippen molar-refractivity contribution in [1.29, 1.82) is 0 Å². The fourth-order valence-corrected chi connectivity index (χ4v) is 2.61. The highest BCUT2D eigenvalue weighted by atomic mass is 35.5. The monoisotopic (exact) mass is 292 g/mol. The number of halogens is 1. The van der Waals surface area contributed by atoms with E-state index in [9.17, 15) is 4.79 Å². The molecule has 1 aromatic heterocycles. The highest BCUT2D eigenvalue weighted by Crippen LogP contribution is 2.29. The number of rotatable bonds is 3. The first-order chi connectivity index (χ1) is 9.31. The molecule has 20 heavy (non-hydrogen) atoms. The van der Waals surface area contributed by atoms with Gasteiger partial charge >= 0.3 is 0 Å². The predicted molar refractivity (Wildman–Crippen MR) is 84.3 cm³/mol. The van der Waals surface area contributed by atoms with E-state index >= 15 is 0 Å². The normalized spacial score (nSPS) is 11.8. The summed E-state index contributed by atoms with van der Waals surface area (Å²) < 4.78 is 1.85. The van der Waals surface area contributed by atoms with E-state index in [-0.39, 0.29) is 11.3 Å². The summed E-state index contributed by atoms with van der Waals surface area (Å²) in [4.78, 5) is 12.3. The molecule has 0 saturated carbocycles. The van der Waals surface area contributed by atoms with E-state index in [1.807, 2.05) is 35.9 Å². The maximum Gasteiger partial charge on any atom is 0.269 e. The third kappa shape index (κ3) is 2.98. The molecule has 0 saturated heterocycles. The van der Waals surface area contributed by atoms with Crippen LogP contribution in [0.25, 0.3) is 10.9 Å². The molecule has 108 valence electrons. The number of amides is 1. The Balaban J connectivity index is 2.22. The second-order valence-corrected chi connectivity index (χ2v) is 6.68. The van der Waals surface area contributed by atoms with Crippen LogP contribution in [-0.4, -0.2) is 17.0 Å². The van der Waals surface area contributed by atoms with Gasteiger partial charge in [0.2, 0.25) is 0 Å². The van der Waals surface area contributed by atoms with Crippen molar-refractivity contribution >= 4 is 28.4 Å². The summed E-state index contributed by atoms with van der Waals surface area (Å²) >= 11 is 6.34. The van der Waals surface area contributed by atoms with Crippen molar-refractivity contribution < 1.29 is 4.79 Å². The molecule has 0 bridgehead atoms. The average molecular weight is 293 g/mol. The van der Waals surface area contributed by atoms with Crippen LogP contribution in [0.5, 0.6) is 0 Å². The summed E-state index contributed by atoms with van der Waals surface area (Å²) in [5, 5.41) is 4.39. The number of carbonyl (C=O) groups is 1. The lowest BCUT2D eigenvalue weighted by atomic mass is 9.92. The Labute approximate surface area is 124 Å². The second-order valence-electron chi connectivity index (χ2n) is 6.31. The Morgan fingerprint density at radius 3 is 2.55 bits per heavy atom. The van der Waals surface area contributed by atoms with Gasteiger partial charge in [0.05, 0.1) is 5.02 Å². The van der Waals surface area contributed by atoms with Crippen molar-refractivity contribution in [3.63, 3.8) is 0 Å². The van der Waals surface area contributed by atoms with E-state index in [2.05, 4.69) is 26.1 Å². The Hall–Kier alpha value is -1.48. The van der Waals surface area contributed by atoms with E-state index < -0.39 is 0 Å². The Bertz CT molecular complexity index is 599. The summed E-state index contributed by atoms with van der Waals surface area (Å²) in [5.41, 5.74) is 1.70. The van der Waals surface area contributed by atoms with Crippen molar-refractivity contribution in [1.82, 2.24) is 9.88 Å². The first-order valence-electron chi connectivity index (χ1n) is 6.82. The number of benzene rings is 1. The van der Waals surface area contributed by atoms with Crippen molar-refractivity contribution in [3.8, 4) is 0 Å². The molecule has 0 aliphatic rings. The van der Waals surface area contributed by atoms with Gasteiger partial charge in [-0.2, -0.15) is 0 Å². The van der Waals surface area contributed by atoms with Gasteiger partial charge in [-0.15, -0.1) is 0 Å². The number of carbonyl (C=O) groups excluding carboxylic acids is 1. The largest absolute Gasteiger partial charge is 0.351 e. The van der Waals surface area contributed by atoms with E-state index in [4.69, 9.17) is 11.6 Å². The van der Waals surface area contributed by atoms with Gasteiger partial charge in [-0.05, 0) is 17.9 Å². The molecule has 4 heteroatoms. The molecule has 0 unspecified atom stereocenters. The van der Waals surface area contributed by atoms with Crippen LogP contribution in [0.2, 0.25) is 5.02 Å². The maximum atomic E-state index is 12.3. The number of aryl methyl sites for hydroxylation is 1. The third-order valence-electron chi connectivity index (χ3n) is 3.42. The topological polar surface area (TPSA) is 34.0 Å². The summed E-state index contributed by atoms with van der Waals surface area (Å²) in [5.74, 6) is -0.113. The number of hydrogen-bond donors (Lipinski definition) is 1. The number of para-hydroxylation sites is 1. The molecule has 0 aliphatic carbocycles. The molecule has 0 atom stereocenters. The molecule has 0 radical (unpaired) electrons. The number of fused-ring (bicyclic) bond motifs is 1. The van der Waals surface area contributed by atoms with Gasteiger partial charge in [0.15, 0.2) is 0 Å². The minimum absolute atomic E-state index is 0.113. The number of hydrogen-bond acceptors (Lipinski definition) is 1. The first kappa shape index (κ1) is 14.9. The maximum absolute atomic E-state index is 12.3. The minimum Gasteiger partial charge on any atom is -0.351 e. The van der Waals surface area contributed by atoms with Gasteiger partial charge in [-0.3, -0.25) is 4.79 Å². The third-order valence-corrected chi connectivity index (χ3v) is 3.80. The lowest BCUT2D eigenvalue weighted by molar-refractivity contribution is 0.0942. The molecular formula is C16H21ClN2O. The molecule has 1 aromatic carbocycles. The predicted octanol–water partition coefficient (Wildman–Crippen LogP) is 4.00. The fourth-order valence-electron chi connectivity index (χ4n) is 2.23. The molecule has 0 fully saturated rings. The second kappa shape index (κ2) is 5.49. The van der Waals surface area contributed by atoms with Crippen LogP contribution in [0.15, 0.2) is 24.3 Å². The Morgan fingerprint density at radius 1 is 1.30 bits per heavy atom. The highest BCUT2D eigenvalue weighted by molar-refractivity contribution is 6.38. The molecule has 2 rings (SSSR count). The van der Waals surface area contributed by atoms with Crippen molar-refractivity contribution in [2.45, 2.75) is 27.2 Å². The van der Waals surface area contributed by atoms with Crippen LogP contribution in [0.4, 0.5) is 0 Å². The van der Waals surface area contributed by atoms with Crippen molar-refractivity contribution in [2.24, 2.45) is 12.5 Å². The highest BCUT2D eigenvalue weighted by Gasteiger charge is 2.19. The lowest BCUT2D eigenvalue weighted by Crippen LogP contribution is -2.28. The van der Waals surface area contributed by atoms with Crippen LogP contribution in [-0.2, 0) is 7.05 Å². The van der Waals surface area contributed by atoms with E-state index in [1.165, 1.54) is 0 Å². The lowest BCUT2D eigenvalue weighted by Gasteiger charge is -2.18. The molecular weight excluding hydrogens is 272 g/mol. The molecule has 0 aliphatic heterocycles. The van der Waals surface area contributed by atoms with Gasteiger partial charge in [0, 0.05) is 24.5 Å².